The van der Waals surface area contributed by atoms with Crippen LogP contribution < -0.4 is 5.32 Å². The fraction of sp³-hybridized carbons (Fsp3) is 0.556. The Morgan fingerprint density at radius 2 is 2.20 bits per heavy atom. The van der Waals surface area contributed by atoms with E-state index in [4.69, 9.17) is 0 Å². The summed E-state index contributed by atoms with van der Waals surface area (Å²) in [5.41, 5.74) is 3.39. The lowest BCUT2D eigenvalue weighted by Gasteiger charge is -2.33. The van der Waals surface area contributed by atoms with Crippen molar-refractivity contribution >= 4 is 36.4 Å². The maximum absolute atomic E-state index is 12.7. The molecule has 1 amide bonds. The fourth-order valence-electron chi connectivity index (χ4n) is 4.13. The van der Waals surface area contributed by atoms with E-state index in [1.54, 1.807) is 0 Å². The first-order valence-corrected chi connectivity index (χ1v) is 8.57. The lowest BCUT2D eigenvalue weighted by Crippen LogP contribution is -2.43. The molecule has 2 fully saturated rings. The van der Waals surface area contributed by atoms with Crippen LogP contribution in [0.5, 0.6) is 0 Å². The van der Waals surface area contributed by atoms with Crippen LogP contribution in [-0.2, 0) is 11.2 Å². The number of likely N-dealkylation sites (tertiary alicyclic amines) is 1. The minimum Gasteiger partial charge on any atom is -0.342 e. The van der Waals surface area contributed by atoms with Crippen LogP contribution in [0.4, 0.5) is 0 Å². The van der Waals surface area contributed by atoms with E-state index in [-0.39, 0.29) is 30.7 Å². The van der Waals surface area contributed by atoms with Gasteiger partial charge in [-0.15, -0.1) is 24.8 Å². The first-order valence-electron chi connectivity index (χ1n) is 8.57. The van der Waals surface area contributed by atoms with Gasteiger partial charge in [0.2, 0.25) is 5.91 Å². The molecule has 0 bridgehead atoms. The first kappa shape index (κ1) is 20.0. The van der Waals surface area contributed by atoms with Crippen LogP contribution in [-0.4, -0.2) is 46.4 Å². The molecule has 1 unspecified atom stereocenters. The number of aryl methyl sites for hydroxylation is 1. The Kier molecular flexibility index (Phi) is 6.35. The van der Waals surface area contributed by atoms with E-state index in [1.165, 1.54) is 12.8 Å². The Morgan fingerprint density at radius 3 is 2.96 bits per heavy atom. The molecule has 1 spiro atoms. The van der Waals surface area contributed by atoms with E-state index in [1.807, 2.05) is 35.9 Å². The maximum atomic E-state index is 12.7. The van der Waals surface area contributed by atoms with Gasteiger partial charge in [0.25, 0.3) is 0 Å². The van der Waals surface area contributed by atoms with Gasteiger partial charge in [0.05, 0.1) is 12.1 Å². The van der Waals surface area contributed by atoms with Gasteiger partial charge in [0.1, 0.15) is 5.65 Å². The molecule has 0 aromatic carbocycles. The van der Waals surface area contributed by atoms with Crippen molar-refractivity contribution < 1.29 is 4.79 Å². The normalized spacial score (nSPS) is 22.7. The van der Waals surface area contributed by atoms with Gasteiger partial charge in [-0.3, -0.25) is 4.79 Å². The highest BCUT2D eigenvalue weighted by molar-refractivity contribution is 5.85. The Balaban J connectivity index is 0.00000113. The number of piperidine rings is 1. The van der Waals surface area contributed by atoms with Crippen LogP contribution in [0.3, 0.4) is 0 Å². The molecular weight excluding hydrogens is 359 g/mol. The number of rotatable bonds is 2. The molecule has 2 aromatic rings. The van der Waals surface area contributed by atoms with Crippen molar-refractivity contribution in [1.29, 1.82) is 0 Å². The number of pyridine rings is 1. The summed E-state index contributed by atoms with van der Waals surface area (Å²) in [5, 5.41) is 3.50. The van der Waals surface area contributed by atoms with E-state index in [0.717, 1.165) is 49.5 Å². The van der Waals surface area contributed by atoms with E-state index in [0.29, 0.717) is 11.8 Å². The number of nitrogens with one attached hydrogen (secondary N) is 1. The molecule has 4 heterocycles. The van der Waals surface area contributed by atoms with E-state index < -0.39 is 0 Å². The van der Waals surface area contributed by atoms with Gasteiger partial charge in [-0.1, -0.05) is 6.07 Å². The number of carbonyl (C=O) groups is 1. The van der Waals surface area contributed by atoms with Gasteiger partial charge >= 0.3 is 0 Å². The van der Waals surface area contributed by atoms with Crippen LogP contribution in [0.1, 0.15) is 30.5 Å². The predicted octanol–water partition coefficient (Wildman–Crippen LogP) is 2.63. The van der Waals surface area contributed by atoms with Gasteiger partial charge in [-0.05, 0) is 44.4 Å². The van der Waals surface area contributed by atoms with Crippen LogP contribution in [0, 0.1) is 12.3 Å². The first-order chi connectivity index (χ1) is 11.2. The average molecular weight is 385 g/mol. The van der Waals surface area contributed by atoms with Crippen molar-refractivity contribution in [2.24, 2.45) is 5.41 Å². The lowest BCUT2D eigenvalue weighted by atomic mass is 9.80. The zero-order chi connectivity index (χ0) is 15.9. The zero-order valence-corrected chi connectivity index (χ0v) is 16.2. The largest absolute Gasteiger partial charge is 0.342 e. The van der Waals surface area contributed by atoms with Crippen molar-refractivity contribution in [2.75, 3.05) is 26.2 Å². The zero-order valence-electron chi connectivity index (χ0n) is 14.5. The van der Waals surface area contributed by atoms with Crippen molar-refractivity contribution in [2.45, 2.75) is 32.6 Å². The number of aromatic nitrogens is 2. The van der Waals surface area contributed by atoms with Gasteiger partial charge in [0, 0.05) is 37.4 Å². The fourth-order valence-corrected chi connectivity index (χ4v) is 4.13. The highest BCUT2D eigenvalue weighted by Crippen LogP contribution is 2.36. The Hall–Kier alpha value is -1.30. The summed E-state index contributed by atoms with van der Waals surface area (Å²) in [4.78, 5) is 19.3. The maximum Gasteiger partial charge on any atom is 0.228 e. The smallest absolute Gasteiger partial charge is 0.228 e. The van der Waals surface area contributed by atoms with Crippen molar-refractivity contribution in [3.63, 3.8) is 0 Å². The SMILES string of the molecule is Cc1cccn2c(CC(=O)N3CCC4(CCCNC4)C3)cnc12.Cl.Cl. The van der Waals surface area contributed by atoms with E-state index in [2.05, 4.69) is 15.2 Å². The Morgan fingerprint density at radius 1 is 1.36 bits per heavy atom. The molecule has 1 N–H and O–H groups in total. The number of fused-ring (bicyclic) bond motifs is 1. The second kappa shape index (κ2) is 7.94. The van der Waals surface area contributed by atoms with Crippen LogP contribution >= 0.6 is 24.8 Å². The Labute approximate surface area is 161 Å². The van der Waals surface area contributed by atoms with Crippen LogP contribution in [0.25, 0.3) is 5.65 Å². The molecule has 0 aliphatic carbocycles. The molecule has 4 rings (SSSR count). The molecule has 0 radical (unpaired) electrons. The monoisotopic (exact) mass is 384 g/mol. The van der Waals surface area contributed by atoms with Gasteiger partial charge < -0.3 is 14.6 Å². The van der Waals surface area contributed by atoms with E-state index >= 15 is 0 Å². The minimum absolute atomic E-state index is 0. The number of hydrogen-bond donors (Lipinski definition) is 1. The number of hydrogen-bond acceptors (Lipinski definition) is 3. The van der Waals surface area contributed by atoms with Gasteiger partial charge in [-0.25, -0.2) is 4.98 Å². The van der Waals surface area contributed by atoms with Crippen molar-refractivity contribution in [1.82, 2.24) is 19.6 Å². The minimum atomic E-state index is 0. The second-order valence-electron chi connectivity index (χ2n) is 7.16. The molecular formula is C18H26Cl2N4O. The summed E-state index contributed by atoms with van der Waals surface area (Å²) in [5.74, 6) is 0.232. The molecule has 2 aromatic heterocycles. The molecule has 2 aliphatic heterocycles. The number of carbonyl (C=O) groups excluding carboxylic acids is 1. The number of imidazole rings is 1. The summed E-state index contributed by atoms with van der Waals surface area (Å²) in [6.07, 6.45) is 7.89. The summed E-state index contributed by atoms with van der Waals surface area (Å²) >= 11 is 0. The third-order valence-electron chi connectivity index (χ3n) is 5.49. The number of halogens is 2. The molecule has 138 valence electrons. The summed E-state index contributed by atoms with van der Waals surface area (Å²) in [6, 6.07) is 4.06. The molecule has 25 heavy (non-hydrogen) atoms. The van der Waals surface area contributed by atoms with Gasteiger partial charge in [0.15, 0.2) is 0 Å². The molecule has 7 heteroatoms. The molecule has 5 nitrogen and oxygen atoms in total. The van der Waals surface area contributed by atoms with Crippen molar-refractivity contribution in [3.05, 3.63) is 35.8 Å². The van der Waals surface area contributed by atoms with Crippen LogP contribution in [0.2, 0.25) is 0 Å². The standard InChI is InChI=1S/C18H24N4O.2ClH/c1-14-4-2-8-22-15(11-20-17(14)22)10-16(23)21-9-6-18(13-21)5-3-7-19-12-18;;/h2,4,8,11,19H,3,5-7,9-10,12-13H2,1H3;2*1H. The third-order valence-corrected chi connectivity index (χ3v) is 5.49. The van der Waals surface area contributed by atoms with Gasteiger partial charge in [-0.2, -0.15) is 0 Å². The number of nitrogens with zero attached hydrogens (tertiary/aromatic N) is 3. The van der Waals surface area contributed by atoms with Crippen LogP contribution in [0.15, 0.2) is 24.5 Å². The summed E-state index contributed by atoms with van der Waals surface area (Å²) in [7, 11) is 0. The molecule has 2 saturated heterocycles. The van der Waals surface area contributed by atoms with Crippen molar-refractivity contribution in [3.8, 4) is 0 Å². The summed E-state index contributed by atoms with van der Waals surface area (Å²) in [6.45, 7) is 6.04. The third kappa shape index (κ3) is 3.78. The highest BCUT2D eigenvalue weighted by Gasteiger charge is 2.40. The molecule has 1 atom stereocenters. The lowest BCUT2D eigenvalue weighted by molar-refractivity contribution is -0.130. The Bertz CT molecular complexity index is 740. The summed E-state index contributed by atoms with van der Waals surface area (Å²) < 4.78 is 2.04. The topological polar surface area (TPSA) is 49.6 Å². The predicted molar refractivity (Wildman–Crippen MR) is 104 cm³/mol. The molecule has 2 aliphatic rings. The average Bonchev–Trinajstić information content (AvgIpc) is 3.15. The second-order valence-corrected chi connectivity index (χ2v) is 7.16. The highest BCUT2D eigenvalue weighted by atomic mass is 35.5. The number of amides is 1. The quantitative estimate of drug-likeness (QED) is 0.865. The van der Waals surface area contributed by atoms with E-state index in [9.17, 15) is 4.79 Å². The molecule has 0 saturated carbocycles.